The Labute approximate surface area is 176 Å². The van der Waals surface area contributed by atoms with Gasteiger partial charge >= 0.3 is 0 Å². The summed E-state index contributed by atoms with van der Waals surface area (Å²) < 4.78 is 1.82. The molecule has 0 aliphatic carbocycles. The van der Waals surface area contributed by atoms with Gasteiger partial charge in [-0.1, -0.05) is 6.07 Å². The van der Waals surface area contributed by atoms with Gasteiger partial charge in [0.05, 0.1) is 6.42 Å². The molecule has 2 aliphatic rings. The number of hydrogen-bond acceptors (Lipinski definition) is 6. The van der Waals surface area contributed by atoms with E-state index in [0.717, 1.165) is 12.1 Å². The fourth-order valence-electron chi connectivity index (χ4n) is 4.92. The lowest BCUT2D eigenvalue weighted by Gasteiger charge is -2.32. The fraction of sp³-hybridized carbons (Fsp3) is 0.571. The molecule has 0 radical (unpaired) electrons. The van der Waals surface area contributed by atoms with Crippen LogP contribution in [0.2, 0.25) is 0 Å². The summed E-state index contributed by atoms with van der Waals surface area (Å²) in [5.41, 5.74) is 0.868. The number of rotatable bonds is 7. The summed E-state index contributed by atoms with van der Waals surface area (Å²) in [7, 11) is 4.12. The van der Waals surface area contributed by atoms with E-state index in [9.17, 15) is 9.59 Å². The smallest absolute Gasteiger partial charge is 0.227 e. The van der Waals surface area contributed by atoms with E-state index >= 15 is 0 Å². The average Bonchev–Trinajstić information content (AvgIpc) is 3.41. The number of carbonyl (C=O) groups is 2. The maximum absolute atomic E-state index is 12.9. The summed E-state index contributed by atoms with van der Waals surface area (Å²) in [6, 6.07) is 3.80. The number of pyridine rings is 1. The van der Waals surface area contributed by atoms with Crippen molar-refractivity contribution in [2.75, 3.05) is 46.8 Å². The molecule has 2 saturated heterocycles. The summed E-state index contributed by atoms with van der Waals surface area (Å²) in [6.07, 6.45) is 7.54. The third kappa shape index (κ3) is 4.35. The van der Waals surface area contributed by atoms with Gasteiger partial charge in [0, 0.05) is 69.4 Å². The minimum absolute atomic E-state index is 0.0691. The molecule has 9 heteroatoms. The van der Waals surface area contributed by atoms with Gasteiger partial charge < -0.3 is 19.3 Å². The van der Waals surface area contributed by atoms with Crippen LogP contribution in [0, 0.1) is 11.3 Å². The van der Waals surface area contributed by atoms with E-state index in [0.29, 0.717) is 51.5 Å². The molecule has 4 heterocycles. The topological polar surface area (TPSA) is 87.5 Å². The molecule has 4 rings (SSSR count). The first kappa shape index (κ1) is 20.5. The second-order valence-corrected chi connectivity index (χ2v) is 8.83. The van der Waals surface area contributed by atoms with Crippen LogP contribution in [-0.4, -0.2) is 93.1 Å². The van der Waals surface area contributed by atoms with Crippen molar-refractivity contribution in [2.24, 2.45) is 11.3 Å². The number of amides is 2. The maximum atomic E-state index is 12.9. The Bertz CT molecular complexity index is 871. The average molecular weight is 412 g/mol. The zero-order chi connectivity index (χ0) is 21.1. The lowest BCUT2D eigenvalue weighted by Crippen LogP contribution is -2.44. The van der Waals surface area contributed by atoms with Crippen LogP contribution >= 0.6 is 0 Å². The lowest BCUT2D eigenvalue weighted by atomic mass is 9.80. The largest absolute Gasteiger partial charge is 0.342 e. The second kappa shape index (κ2) is 8.51. The van der Waals surface area contributed by atoms with Gasteiger partial charge in [-0.3, -0.25) is 14.6 Å². The van der Waals surface area contributed by atoms with Crippen molar-refractivity contribution in [1.29, 1.82) is 0 Å². The van der Waals surface area contributed by atoms with Crippen LogP contribution in [0.5, 0.6) is 0 Å². The summed E-state index contributed by atoms with van der Waals surface area (Å²) >= 11 is 0. The normalized spacial score (nSPS) is 23.2. The van der Waals surface area contributed by atoms with Crippen LogP contribution in [0.3, 0.4) is 0 Å². The highest BCUT2D eigenvalue weighted by atomic mass is 16.2. The second-order valence-electron chi connectivity index (χ2n) is 8.83. The number of fused-ring (bicyclic) bond motifs is 1. The molecule has 0 saturated carbocycles. The molecule has 0 spiro atoms. The number of likely N-dealkylation sites (tertiary alicyclic amines) is 2. The highest BCUT2D eigenvalue weighted by Crippen LogP contribution is 2.43. The highest BCUT2D eigenvalue weighted by molar-refractivity contribution is 5.80. The Hall–Kier alpha value is -2.81. The molecule has 2 aromatic heterocycles. The van der Waals surface area contributed by atoms with E-state index in [1.54, 1.807) is 25.0 Å². The molecule has 30 heavy (non-hydrogen) atoms. The van der Waals surface area contributed by atoms with Crippen LogP contribution in [0.1, 0.15) is 12.0 Å². The minimum atomic E-state index is -0.0691. The number of aryl methyl sites for hydroxylation is 1. The minimum Gasteiger partial charge on any atom is -0.342 e. The third-order valence-electron chi connectivity index (χ3n) is 6.22. The Morgan fingerprint density at radius 3 is 2.47 bits per heavy atom. The number of nitrogens with zero attached hydrogens (tertiary/aromatic N) is 7. The molecule has 0 bridgehead atoms. The Kier molecular flexibility index (Phi) is 5.80. The van der Waals surface area contributed by atoms with Gasteiger partial charge in [0.1, 0.15) is 12.7 Å². The molecule has 160 valence electrons. The van der Waals surface area contributed by atoms with Crippen molar-refractivity contribution < 1.29 is 9.59 Å². The monoisotopic (exact) mass is 411 g/mol. The highest BCUT2D eigenvalue weighted by Gasteiger charge is 2.54. The molecule has 0 unspecified atom stereocenters. The molecule has 2 atom stereocenters. The molecule has 0 aromatic carbocycles. The molecular formula is C21H29N7O2. The number of hydrogen-bond donors (Lipinski definition) is 0. The van der Waals surface area contributed by atoms with Crippen molar-refractivity contribution in [2.45, 2.75) is 19.4 Å². The van der Waals surface area contributed by atoms with Gasteiger partial charge in [0.25, 0.3) is 0 Å². The van der Waals surface area contributed by atoms with E-state index in [1.165, 1.54) is 0 Å². The van der Waals surface area contributed by atoms with Crippen molar-refractivity contribution in [3.05, 3.63) is 42.7 Å². The fourth-order valence-corrected chi connectivity index (χ4v) is 4.92. The third-order valence-corrected chi connectivity index (χ3v) is 6.22. The summed E-state index contributed by atoms with van der Waals surface area (Å²) in [5, 5.41) is 7.57. The Morgan fingerprint density at radius 2 is 1.83 bits per heavy atom. The first-order valence-corrected chi connectivity index (χ1v) is 10.4. The maximum Gasteiger partial charge on any atom is 0.227 e. The van der Waals surface area contributed by atoms with Crippen LogP contribution in [0.4, 0.5) is 0 Å². The summed E-state index contributed by atoms with van der Waals surface area (Å²) in [6.45, 7) is 4.28. The zero-order valence-corrected chi connectivity index (χ0v) is 17.6. The predicted octanol–water partition coefficient (Wildman–Crippen LogP) is 0.155. The molecule has 2 aromatic rings. The lowest BCUT2D eigenvalue weighted by molar-refractivity contribution is -0.131. The zero-order valence-electron chi connectivity index (χ0n) is 17.6. The van der Waals surface area contributed by atoms with E-state index in [4.69, 9.17) is 0 Å². The van der Waals surface area contributed by atoms with Crippen LogP contribution < -0.4 is 0 Å². The van der Waals surface area contributed by atoms with Crippen LogP contribution in [0.15, 0.2) is 37.2 Å². The van der Waals surface area contributed by atoms with Crippen molar-refractivity contribution in [3.63, 3.8) is 0 Å². The van der Waals surface area contributed by atoms with Gasteiger partial charge in [-0.15, -0.1) is 10.2 Å². The van der Waals surface area contributed by atoms with E-state index < -0.39 is 0 Å². The standard InChI is InChI=1S/C21H29N7O2/c1-25(2)12-21-13-27(19(29)5-7-26-15-23-24-16-26)10-18(21)11-28(14-21)20(30)8-17-4-3-6-22-9-17/h3-4,6,9,15-16,18H,5,7-8,10-14H2,1-2H3/t18-,21+/m0/s1. The predicted molar refractivity (Wildman–Crippen MR) is 110 cm³/mol. The van der Waals surface area contributed by atoms with E-state index in [1.807, 2.05) is 26.5 Å². The molecule has 9 nitrogen and oxygen atoms in total. The molecular weight excluding hydrogens is 382 g/mol. The molecule has 2 fully saturated rings. The molecule has 2 aliphatic heterocycles. The first-order valence-electron chi connectivity index (χ1n) is 10.4. The van der Waals surface area contributed by atoms with Crippen molar-refractivity contribution in [3.8, 4) is 0 Å². The Morgan fingerprint density at radius 1 is 1.13 bits per heavy atom. The number of aromatic nitrogens is 4. The summed E-state index contributed by atoms with van der Waals surface area (Å²) in [5.74, 6) is 0.599. The van der Waals surface area contributed by atoms with Crippen molar-refractivity contribution in [1.82, 2.24) is 34.4 Å². The SMILES string of the molecule is CN(C)C[C@]12CN(C(=O)CCn3cnnc3)C[C@H]1CN(C(=O)Cc1cccnc1)C2. The van der Waals surface area contributed by atoms with Gasteiger partial charge in [0.15, 0.2) is 0 Å². The van der Waals surface area contributed by atoms with E-state index in [-0.39, 0.29) is 17.2 Å². The van der Waals surface area contributed by atoms with Gasteiger partial charge in [-0.25, -0.2) is 0 Å². The van der Waals surface area contributed by atoms with Gasteiger partial charge in [-0.05, 0) is 25.7 Å². The van der Waals surface area contributed by atoms with Gasteiger partial charge in [-0.2, -0.15) is 0 Å². The van der Waals surface area contributed by atoms with Gasteiger partial charge in [0.2, 0.25) is 11.8 Å². The van der Waals surface area contributed by atoms with Crippen molar-refractivity contribution >= 4 is 11.8 Å². The Balaban J connectivity index is 1.40. The quantitative estimate of drug-likeness (QED) is 0.645. The van der Waals surface area contributed by atoms with Crippen LogP contribution in [0.25, 0.3) is 0 Å². The first-order chi connectivity index (χ1) is 14.4. The number of carbonyl (C=O) groups excluding carboxylic acids is 2. The van der Waals surface area contributed by atoms with E-state index in [2.05, 4.69) is 34.2 Å². The molecule has 0 N–H and O–H groups in total. The summed E-state index contributed by atoms with van der Waals surface area (Å²) in [4.78, 5) is 36.0. The van der Waals surface area contributed by atoms with Crippen LogP contribution in [-0.2, 0) is 22.6 Å². The molecule has 2 amide bonds.